The van der Waals surface area contributed by atoms with E-state index in [-0.39, 0.29) is 5.04 Å². The molecule has 232 valence electrons. The molecule has 1 fully saturated rings. The molecule has 3 aromatic rings. The minimum atomic E-state index is -2.09. The lowest BCUT2D eigenvalue weighted by molar-refractivity contribution is -0.324. The van der Waals surface area contributed by atoms with Gasteiger partial charge >= 0.3 is 0 Å². The standard InChI is InChI=1S/C36H48O6Si/c1-7-23-37-35-34(40-26-30-21-15-10-16-22-30)33(39-25-29-19-13-9-14-20-29)32(38-24-28-17-11-8-12-18-28)31(42-35)27-41-43(5,6)36(2,3)4/h7-22,31-35H,1,23-27H2,2-6H3/t31-,32+,33-,34-,35+/m1/s1. The van der Waals surface area contributed by atoms with Crippen LogP contribution in [0, 0.1) is 0 Å². The molecule has 43 heavy (non-hydrogen) atoms. The second-order valence-corrected chi connectivity index (χ2v) is 17.3. The maximum Gasteiger partial charge on any atom is 0.192 e. The van der Waals surface area contributed by atoms with Gasteiger partial charge in [-0.15, -0.1) is 6.58 Å². The van der Waals surface area contributed by atoms with Crippen LogP contribution in [0.4, 0.5) is 0 Å². The molecular weight excluding hydrogens is 556 g/mol. The summed E-state index contributed by atoms with van der Waals surface area (Å²) in [5.41, 5.74) is 3.19. The first-order valence-electron chi connectivity index (χ1n) is 15.2. The van der Waals surface area contributed by atoms with E-state index in [0.29, 0.717) is 33.0 Å². The summed E-state index contributed by atoms with van der Waals surface area (Å²) in [7, 11) is -2.09. The van der Waals surface area contributed by atoms with Gasteiger partial charge in [-0.2, -0.15) is 0 Å². The molecule has 6 nitrogen and oxygen atoms in total. The third-order valence-corrected chi connectivity index (χ3v) is 12.7. The van der Waals surface area contributed by atoms with Gasteiger partial charge in [-0.25, -0.2) is 0 Å². The fourth-order valence-electron chi connectivity index (χ4n) is 4.68. The Kier molecular flexibility index (Phi) is 12.3. The molecule has 5 atom stereocenters. The number of hydrogen-bond acceptors (Lipinski definition) is 6. The lowest BCUT2D eigenvalue weighted by Crippen LogP contribution is -2.62. The van der Waals surface area contributed by atoms with Crippen molar-refractivity contribution in [2.24, 2.45) is 0 Å². The highest BCUT2D eigenvalue weighted by Gasteiger charge is 2.50. The van der Waals surface area contributed by atoms with Crippen molar-refractivity contribution in [1.29, 1.82) is 0 Å². The Morgan fingerprint density at radius 2 is 1.12 bits per heavy atom. The molecule has 0 spiro atoms. The second-order valence-electron chi connectivity index (χ2n) is 12.5. The number of benzene rings is 3. The number of rotatable bonds is 15. The average Bonchev–Trinajstić information content (AvgIpc) is 3.01. The van der Waals surface area contributed by atoms with Gasteiger partial charge < -0.3 is 28.1 Å². The van der Waals surface area contributed by atoms with Crippen LogP contribution in [0.3, 0.4) is 0 Å². The Labute approximate surface area is 259 Å². The van der Waals surface area contributed by atoms with Crippen molar-refractivity contribution >= 4 is 8.32 Å². The van der Waals surface area contributed by atoms with E-state index in [1.54, 1.807) is 6.08 Å². The van der Waals surface area contributed by atoms with E-state index in [2.05, 4.69) is 64.7 Å². The zero-order chi connectivity index (χ0) is 30.7. The van der Waals surface area contributed by atoms with Gasteiger partial charge in [0.15, 0.2) is 14.6 Å². The number of hydrogen-bond donors (Lipinski definition) is 0. The zero-order valence-electron chi connectivity index (χ0n) is 26.3. The van der Waals surface area contributed by atoms with E-state index in [0.717, 1.165) is 16.7 Å². The molecule has 0 N–H and O–H groups in total. The molecular formula is C36H48O6Si. The van der Waals surface area contributed by atoms with E-state index in [9.17, 15) is 0 Å². The van der Waals surface area contributed by atoms with Crippen molar-refractivity contribution in [3.8, 4) is 0 Å². The molecule has 0 aliphatic carbocycles. The summed E-state index contributed by atoms with van der Waals surface area (Å²) >= 11 is 0. The summed E-state index contributed by atoms with van der Waals surface area (Å²) < 4.78 is 39.6. The summed E-state index contributed by atoms with van der Waals surface area (Å²) in [6.45, 7) is 16.9. The highest BCUT2D eigenvalue weighted by atomic mass is 28.4. The Balaban J connectivity index is 1.66. The van der Waals surface area contributed by atoms with Gasteiger partial charge in [0.1, 0.15) is 24.4 Å². The van der Waals surface area contributed by atoms with Crippen LogP contribution in [0.2, 0.25) is 18.1 Å². The Hall–Kier alpha value is -2.62. The van der Waals surface area contributed by atoms with Crippen LogP contribution in [-0.4, -0.2) is 52.2 Å². The van der Waals surface area contributed by atoms with E-state index in [1.165, 1.54) is 0 Å². The largest absolute Gasteiger partial charge is 0.414 e. The summed E-state index contributed by atoms with van der Waals surface area (Å²) in [6.07, 6.45) is -0.954. The first-order valence-corrected chi connectivity index (χ1v) is 18.1. The van der Waals surface area contributed by atoms with Crippen LogP contribution in [0.5, 0.6) is 0 Å². The van der Waals surface area contributed by atoms with Gasteiger partial charge in [0, 0.05) is 0 Å². The van der Waals surface area contributed by atoms with Gasteiger partial charge in [-0.3, -0.25) is 0 Å². The predicted octanol–water partition coefficient (Wildman–Crippen LogP) is 7.69. The maximum atomic E-state index is 6.73. The van der Waals surface area contributed by atoms with Crippen LogP contribution in [0.25, 0.3) is 0 Å². The Morgan fingerprint density at radius 3 is 1.56 bits per heavy atom. The molecule has 0 unspecified atom stereocenters. The Bertz CT molecular complexity index is 1210. The van der Waals surface area contributed by atoms with Crippen LogP contribution >= 0.6 is 0 Å². The molecule has 0 aromatic heterocycles. The van der Waals surface area contributed by atoms with Crippen molar-refractivity contribution in [2.75, 3.05) is 13.2 Å². The third kappa shape index (κ3) is 9.68. The van der Waals surface area contributed by atoms with Gasteiger partial charge in [0.2, 0.25) is 0 Å². The quantitative estimate of drug-likeness (QED) is 0.131. The van der Waals surface area contributed by atoms with Gasteiger partial charge in [-0.1, -0.05) is 118 Å². The first-order chi connectivity index (χ1) is 20.7. The molecule has 1 heterocycles. The summed E-state index contributed by atoms with van der Waals surface area (Å²) in [4.78, 5) is 0. The van der Waals surface area contributed by atoms with Crippen molar-refractivity contribution in [1.82, 2.24) is 0 Å². The molecule has 1 aliphatic rings. The summed E-state index contributed by atoms with van der Waals surface area (Å²) in [6, 6.07) is 30.4. The van der Waals surface area contributed by atoms with Gasteiger partial charge in [0.25, 0.3) is 0 Å². The van der Waals surface area contributed by atoms with Crippen LogP contribution in [0.1, 0.15) is 37.5 Å². The Morgan fingerprint density at radius 1 is 0.674 bits per heavy atom. The molecule has 0 bridgehead atoms. The van der Waals surface area contributed by atoms with Crippen LogP contribution < -0.4 is 0 Å². The zero-order valence-corrected chi connectivity index (χ0v) is 27.3. The lowest BCUT2D eigenvalue weighted by atomic mass is 9.98. The lowest BCUT2D eigenvalue weighted by Gasteiger charge is -2.47. The summed E-state index contributed by atoms with van der Waals surface area (Å²) in [5, 5.41) is 0.0470. The summed E-state index contributed by atoms with van der Waals surface area (Å²) in [5.74, 6) is 0. The molecule has 1 aliphatic heterocycles. The maximum absolute atomic E-state index is 6.73. The van der Waals surface area contributed by atoms with Crippen molar-refractivity contribution in [2.45, 2.75) is 89.4 Å². The van der Waals surface area contributed by atoms with Crippen molar-refractivity contribution < 1.29 is 28.1 Å². The molecule has 0 saturated carbocycles. The average molecular weight is 605 g/mol. The minimum absolute atomic E-state index is 0.0470. The predicted molar refractivity (Wildman–Crippen MR) is 173 cm³/mol. The highest BCUT2D eigenvalue weighted by Crippen LogP contribution is 2.38. The van der Waals surface area contributed by atoms with Crippen molar-refractivity contribution in [3.05, 3.63) is 120 Å². The topological polar surface area (TPSA) is 55.4 Å². The van der Waals surface area contributed by atoms with E-state index in [1.807, 2.05) is 66.7 Å². The van der Waals surface area contributed by atoms with Gasteiger partial charge in [0.05, 0.1) is 33.0 Å². The first kappa shape index (κ1) is 33.3. The van der Waals surface area contributed by atoms with Crippen molar-refractivity contribution in [3.63, 3.8) is 0 Å². The molecule has 7 heteroatoms. The number of ether oxygens (including phenoxy) is 5. The van der Waals surface area contributed by atoms with Crippen LogP contribution in [-0.2, 0) is 47.9 Å². The monoisotopic (exact) mass is 604 g/mol. The third-order valence-electron chi connectivity index (χ3n) is 8.24. The normalized spacial score (nSPS) is 22.8. The van der Waals surface area contributed by atoms with Crippen LogP contribution in [0.15, 0.2) is 104 Å². The fourth-order valence-corrected chi connectivity index (χ4v) is 5.70. The minimum Gasteiger partial charge on any atom is -0.414 e. The molecule has 0 radical (unpaired) electrons. The van der Waals surface area contributed by atoms with E-state index in [4.69, 9.17) is 28.1 Å². The smallest absolute Gasteiger partial charge is 0.192 e. The molecule has 1 saturated heterocycles. The van der Waals surface area contributed by atoms with E-state index >= 15 is 0 Å². The SMILES string of the molecule is C=CCO[C@H]1O[C@H](CO[Si](C)(C)C(C)(C)C)[C@H](OCc2ccccc2)[C@@H](OCc2ccccc2)[C@H]1OCc1ccccc1. The van der Waals surface area contributed by atoms with Gasteiger partial charge in [-0.05, 0) is 34.8 Å². The molecule has 3 aromatic carbocycles. The molecule has 4 rings (SSSR count). The second kappa shape index (κ2) is 15.9. The fraction of sp³-hybridized carbons (Fsp3) is 0.444. The molecule has 0 amide bonds. The highest BCUT2D eigenvalue weighted by molar-refractivity contribution is 6.74. The van der Waals surface area contributed by atoms with E-state index < -0.39 is 39.0 Å².